The van der Waals surface area contributed by atoms with Gasteiger partial charge in [0.1, 0.15) is 11.8 Å². The Labute approximate surface area is 152 Å². The molecular formula is C21H21N3O2. The van der Waals surface area contributed by atoms with Crippen molar-refractivity contribution in [1.29, 1.82) is 0 Å². The Morgan fingerprint density at radius 3 is 2.46 bits per heavy atom. The first-order chi connectivity index (χ1) is 12.7. The Morgan fingerprint density at radius 1 is 1.08 bits per heavy atom. The zero-order valence-corrected chi connectivity index (χ0v) is 14.6. The molecule has 3 aromatic rings. The van der Waals surface area contributed by atoms with Crippen LogP contribution in [0.3, 0.4) is 0 Å². The third-order valence-electron chi connectivity index (χ3n) is 4.17. The molecule has 0 aliphatic heterocycles. The van der Waals surface area contributed by atoms with Crippen molar-refractivity contribution in [3.63, 3.8) is 0 Å². The SMILES string of the molecule is COc1cccc(CNC(=O)C(N)c2ccc(-c3ccncc3)cc2)c1. The van der Waals surface area contributed by atoms with Crippen molar-refractivity contribution in [2.24, 2.45) is 5.73 Å². The lowest BCUT2D eigenvalue weighted by Gasteiger charge is -2.14. The Hall–Kier alpha value is -3.18. The van der Waals surface area contributed by atoms with E-state index in [4.69, 9.17) is 10.5 Å². The monoisotopic (exact) mass is 347 g/mol. The van der Waals surface area contributed by atoms with Crippen LogP contribution in [0.25, 0.3) is 11.1 Å². The van der Waals surface area contributed by atoms with E-state index in [0.29, 0.717) is 6.54 Å². The van der Waals surface area contributed by atoms with E-state index in [0.717, 1.165) is 28.0 Å². The van der Waals surface area contributed by atoms with Crippen molar-refractivity contribution in [1.82, 2.24) is 10.3 Å². The highest BCUT2D eigenvalue weighted by molar-refractivity contribution is 5.83. The molecule has 3 rings (SSSR count). The van der Waals surface area contributed by atoms with Crippen molar-refractivity contribution in [3.8, 4) is 16.9 Å². The Morgan fingerprint density at radius 2 is 1.77 bits per heavy atom. The number of rotatable bonds is 6. The molecule has 5 nitrogen and oxygen atoms in total. The van der Waals surface area contributed by atoms with Crippen molar-refractivity contribution < 1.29 is 9.53 Å². The molecule has 1 atom stereocenters. The molecule has 2 aromatic carbocycles. The molecule has 0 spiro atoms. The highest BCUT2D eigenvalue weighted by Gasteiger charge is 2.15. The van der Waals surface area contributed by atoms with Crippen molar-refractivity contribution in [2.45, 2.75) is 12.6 Å². The summed E-state index contributed by atoms with van der Waals surface area (Å²) in [7, 11) is 1.61. The fourth-order valence-corrected chi connectivity index (χ4v) is 2.66. The number of methoxy groups -OCH3 is 1. The average Bonchev–Trinajstić information content (AvgIpc) is 2.72. The van der Waals surface area contributed by atoms with Crippen molar-refractivity contribution in [3.05, 3.63) is 84.2 Å². The van der Waals surface area contributed by atoms with E-state index in [1.165, 1.54) is 0 Å². The minimum absolute atomic E-state index is 0.218. The van der Waals surface area contributed by atoms with E-state index in [9.17, 15) is 4.79 Å². The van der Waals surface area contributed by atoms with Crippen LogP contribution in [0.2, 0.25) is 0 Å². The number of benzene rings is 2. The van der Waals surface area contributed by atoms with Gasteiger partial charge in [-0.05, 0) is 46.5 Å². The van der Waals surface area contributed by atoms with Gasteiger partial charge >= 0.3 is 0 Å². The minimum atomic E-state index is -0.716. The molecule has 0 saturated heterocycles. The summed E-state index contributed by atoms with van der Waals surface area (Å²) < 4.78 is 5.18. The van der Waals surface area contributed by atoms with Crippen molar-refractivity contribution >= 4 is 5.91 Å². The van der Waals surface area contributed by atoms with E-state index in [-0.39, 0.29) is 5.91 Å². The highest BCUT2D eigenvalue weighted by Crippen LogP contribution is 2.21. The predicted octanol–water partition coefficient (Wildman–Crippen LogP) is 3.07. The Bertz CT molecular complexity index is 864. The predicted molar refractivity (Wildman–Crippen MR) is 101 cm³/mol. The second-order valence-corrected chi connectivity index (χ2v) is 5.90. The number of pyridine rings is 1. The summed E-state index contributed by atoms with van der Waals surface area (Å²) in [6.45, 7) is 0.402. The first kappa shape index (κ1) is 17.6. The number of amides is 1. The van der Waals surface area contributed by atoms with Gasteiger partial charge in [0.2, 0.25) is 5.91 Å². The molecule has 0 saturated carbocycles. The summed E-state index contributed by atoms with van der Waals surface area (Å²) in [5.41, 5.74) is 9.95. The number of nitrogens with zero attached hydrogens (tertiary/aromatic N) is 1. The molecule has 1 heterocycles. The molecule has 3 N–H and O–H groups in total. The Balaban J connectivity index is 1.62. The van der Waals surface area contributed by atoms with Gasteiger partial charge in [-0.2, -0.15) is 0 Å². The minimum Gasteiger partial charge on any atom is -0.497 e. The zero-order valence-electron chi connectivity index (χ0n) is 14.6. The lowest BCUT2D eigenvalue weighted by atomic mass is 10.0. The molecule has 0 bridgehead atoms. The third kappa shape index (κ3) is 4.26. The lowest BCUT2D eigenvalue weighted by Crippen LogP contribution is -2.33. The largest absolute Gasteiger partial charge is 0.497 e. The maximum absolute atomic E-state index is 12.4. The second kappa shape index (κ2) is 8.27. The second-order valence-electron chi connectivity index (χ2n) is 5.90. The van der Waals surface area contributed by atoms with E-state index >= 15 is 0 Å². The number of ether oxygens (including phenoxy) is 1. The topological polar surface area (TPSA) is 77.2 Å². The molecule has 1 unspecified atom stereocenters. The van der Waals surface area contributed by atoms with Crippen LogP contribution < -0.4 is 15.8 Å². The molecule has 1 amide bonds. The molecule has 26 heavy (non-hydrogen) atoms. The number of aromatic nitrogens is 1. The summed E-state index contributed by atoms with van der Waals surface area (Å²) in [5.74, 6) is 0.539. The molecular weight excluding hydrogens is 326 g/mol. The van der Waals surface area contributed by atoms with Crippen LogP contribution in [0.4, 0.5) is 0 Å². The maximum atomic E-state index is 12.4. The molecule has 0 aliphatic carbocycles. The summed E-state index contributed by atoms with van der Waals surface area (Å²) in [6.07, 6.45) is 3.50. The van der Waals surface area contributed by atoms with Crippen LogP contribution in [0, 0.1) is 0 Å². The van der Waals surface area contributed by atoms with Crippen LogP contribution in [0.1, 0.15) is 17.2 Å². The fourth-order valence-electron chi connectivity index (χ4n) is 2.66. The smallest absolute Gasteiger partial charge is 0.241 e. The van der Waals surface area contributed by atoms with Gasteiger partial charge in [-0.25, -0.2) is 0 Å². The molecule has 0 fully saturated rings. The van der Waals surface area contributed by atoms with Crippen LogP contribution in [0.15, 0.2) is 73.1 Å². The number of nitrogens with two attached hydrogens (primary N) is 1. The standard InChI is InChI=1S/C21H21N3O2/c1-26-19-4-2-3-15(13-19)14-24-21(25)20(22)18-7-5-16(6-8-18)17-9-11-23-12-10-17/h2-13,20H,14,22H2,1H3,(H,24,25). The molecule has 1 aromatic heterocycles. The molecule has 5 heteroatoms. The van der Waals surface area contributed by atoms with Crippen LogP contribution in [-0.2, 0) is 11.3 Å². The fraction of sp³-hybridized carbons (Fsp3) is 0.143. The maximum Gasteiger partial charge on any atom is 0.241 e. The van der Waals surface area contributed by atoms with E-state index in [2.05, 4.69) is 10.3 Å². The number of hydrogen-bond donors (Lipinski definition) is 2. The normalized spacial score (nSPS) is 11.6. The Kier molecular flexibility index (Phi) is 5.61. The van der Waals surface area contributed by atoms with E-state index in [1.54, 1.807) is 19.5 Å². The third-order valence-corrected chi connectivity index (χ3v) is 4.17. The first-order valence-electron chi connectivity index (χ1n) is 8.34. The molecule has 0 aliphatic rings. The van der Waals surface area contributed by atoms with E-state index < -0.39 is 6.04 Å². The lowest BCUT2D eigenvalue weighted by molar-refractivity contribution is -0.122. The van der Waals surface area contributed by atoms with Gasteiger partial charge in [-0.1, -0.05) is 36.4 Å². The molecule has 0 radical (unpaired) electrons. The number of hydrogen-bond acceptors (Lipinski definition) is 4. The molecule has 132 valence electrons. The van der Waals surface area contributed by atoms with E-state index in [1.807, 2.05) is 60.7 Å². The van der Waals surface area contributed by atoms with Gasteiger partial charge in [0.05, 0.1) is 7.11 Å². The first-order valence-corrected chi connectivity index (χ1v) is 8.34. The summed E-state index contributed by atoms with van der Waals surface area (Å²) in [4.78, 5) is 16.4. The van der Waals surface area contributed by atoms with Gasteiger partial charge < -0.3 is 15.8 Å². The summed E-state index contributed by atoms with van der Waals surface area (Å²) >= 11 is 0. The van der Waals surface area contributed by atoms with Gasteiger partial charge in [0.25, 0.3) is 0 Å². The van der Waals surface area contributed by atoms with Crippen LogP contribution in [0.5, 0.6) is 5.75 Å². The van der Waals surface area contributed by atoms with Crippen LogP contribution >= 0.6 is 0 Å². The average molecular weight is 347 g/mol. The number of carbonyl (C=O) groups excluding carboxylic acids is 1. The number of carbonyl (C=O) groups is 1. The highest BCUT2D eigenvalue weighted by atomic mass is 16.5. The quantitative estimate of drug-likeness (QED) is 0.718. The van der Waals surface area contributed by atoms with Gasteiger partial charge in [0.15, 0.2) is 0 Å². The van der Waals surface area contributed by atoms with Gasteiger partial charge in [-0.3, -0.25) is 9.78 Å². The van der Waals surface area contributed by atoms with Crippen LogP contribution in [-0.4, -0.2) is 18.0 Å². The zero-order chi connectivity index (χ0) is 18.4. The van der Waals surface area contributed by atoms with Gasteiger partial charge in [-0.15, -0.1) is 0 Å². The summed E-state index contributed by atoms with van der Waals surface area (Å²) in [6, 6.07) is 18.4. The number of nitrogens with one attached hydrogen (secondary N) is 1. The van der Waals surface area contributed by atoms with Gasteiger partial charge in [0, 0.05) is 18.9 Å². The van der Waals surface area contributed by atoms with Crippen molar-refractivity contribution in [2.75, 3.05) is 7.11 Å². The summed E-state index contributed by atoms with van der Waals surface area (Å²) in [5, 5.41) is 2.87.